The summed E-state index contributed by atoms with van der Waals surface area (Å²) in [6.07, 6.45) is 2.30. The van der Waals surface area contributed by atoms with E-state index in [0.29, 0.717) is 6.04 Å². The summed E-state index contributed by atoms with van der Waals surface area (Å²) in [7, 11) is 4.44. The fourth-order valence-electron chi connectivity index (χ4n) is 3.41. The molecule has 21 heavy (non-hydrogen) atoms. The predicted octanol–water partition coefficient (Wildman–Crippen LogP) is 3.11. The number of hydrogen-bond acceptors (Lipinski definition) is 3. The molecule has 118 valence electrons. The molecule has 3 unspecified atom stereocenters. The van der Waals surface area contributed by atoms with Gasteiger partial charge in [0.2, 0.25) is 0 Å². The number of nitrogens with zero attached hydrogens (tertiary/aromatic N) is 2. The first kappa shape index (κ1) is 16.9. The van der Waals surface area contributed by atoms with Gasteiger partial charge in [-0.05, 0) is 57.1 Å². The molecule has 1 aromatic rings. The van der Waals surface area contributed by atoms with Crippen molar-refractivity contribution in [3.8, 4) is 0 Å². The highest BCUT2D eigenvalue weighted by Gasteiger charge is 2.27. The van der Waals surface area contributed by atoms with E-state index in [1.54, 1.807) is 0 Å². The highest BCUT2D eigenvalue weighted by molar-refractivity contribution is 9.10. The second kappa shape index (κ2) is 7.73. The van der Waals surface area contributed by atoms with Crippen LogP contribution in [0.1, 0.15) is 31.4 Å². The van der Waals surface area contributed by atoms with Crippen LogP contribution >= 0.6 is 15.9 Å². The lowest BCUT2D eigenvalue weighted by molar-refractivity contribution is 0.180. The average Bonchev–Trinajstić information content (AvgIpc) is 2.86. The standard InChI is InChI=1S/C17H28BrN3/c1-4-16(19)17(14-5-7-15(18)8-6-14)21(3)12-13-9-10-20(2)11-13/h5-8,13,16-17H,4,9-12,19H2,1-3H3. The Morgan fingerprint density at radius 2 is 2.05 bits per heavy atom. The van der Waals surface area contributed by atoms with Gasteiger partial charge in [-0.1, -0.05) is 35.0 Å². The molecule has 2 N–H and O–H groups in total. The van der Waals surface area contributed by atoms with E-state index < -0.39 is 0 Å². The van der Waals surface area contributed by atoms with Crippen molar-refractivity contribution in [2.45, 2.75) is 31.8 Å². The Balaban J connectivity index is 2.09. The first-order valence-electron chi connectivity index (χ1n) is 7.91. The van der Waals surface area contributed by atoms with Crippen LogP contribution in [-0.4, -0.2) is 49.6 Å². The average molecular weight is 354 g/mol. The fourth-order valence-corrected chi connectivity index (χ4v) is 3.67. The lowest BCUT2D eigenvalue weighted by Crippen LogP contribution is -2.41. The SMILES string of the molecule is CCC(N)C(c1ccc(Br)cc1)N(C)CC1CCN(C)C1. The summed E-state index contributed by atoms with van der Waals surface area (Å²) >= 11 is 3.51. The van der Waals surface area contributed by atoms with E-state index in [2.05, 4.69) is 71.0 Å². The van der Waals surface area contributed by atoms with Crippen molar-refractivity contribution in [1.29, 1.82) is 0 Å². The summed E-state index contributed by atoms with van der Waals surface area (Å²) in [6.45, 7) is 5.73. The van der Waals surface area contributed by atoms with E-state index in [9.17, 15) is 0 Å². The van der Waals surface area contributed by atoms with E-state index in [4.69, 9.17) is 5.73 Å². The monoisotopic (exact) mass is 353 g/mol. The minimum Gasteiger partial charge on any atom is -0.326 e. The Kier molecular flexibility index (Phi) is 6.23. The highest BCUT2D eigenvalue weighted by Crippen LogP contribution is 2.27. The first-order valence-corrected chi connectivity index (χ1v) is 8.70. The van der Waals surface area contributed by atoms with Crippen LogP contribution in [0.15, 0.2) is 28.7 Å². The van der Waals surface area contributed by atoms with Crippen LogP contribution in [0.4, 0.5) is 0 Å². The molecule has 0 bridgehead atoms. The van der Waals surface area contributed by atoms with Crippen LogP contribution in [-0.2, 0) is 0 Å². The zero-order chi connectivity index (χ0) is 15.4. The number of nitrogens with two attached hydrogens (primary N) is 1. The molecule has 4 heteroatoms. The normalized spacial score (nSPS) is 22.7. The second-order valence-electron chi connectivity index (χ2n) is 6.43. The molecule has 0 saturated carbocycles. The summed E-state index contributed by atoms with van der Waals surface area (Å²) in [6, 6.07) is 9.09. The van der Waals surface area contributed by atoms with Crippen molar-refractivity contribution in [3.05, 3.63) is 34.3 Å². The molecule has 2 rings (SSSR count). The van der Waals surface area contributed by atoms with E-state index in [1.165, 1.54) is 25.1 Å². The Labute approximate surface area is 137 Å². The number of rotatable bonds is 6. The smallest absolute Gasteiger partial charge is 0.0496 e. The topological polar surface area (TPSA) is 32.5 Å². The molecule has 3 nitrogen and oxygen atoms in total. The molecule has 0 aliphatic carbocycles. The van der Waals surface area contributed by atoms with Crippen molar-refractivity contribution in [2.75, 3.05) is 33.7 Å². The van der Waals surface area contributed by atoms with Gasteiger partial charge < -0.3 is 10.6 Å². The lowest BCUT2D eigenvalue weighted by Gasteiger charge is -2.34. The van der Waals surface area contributed by atoms with Gasteiger partial charge in [-0.2, -0.15) is 0 Å². The maximum absolute atomic E-state index is 6.43. The Bertz CT molecular complexity index is 434. The molecule has 1 aromatic carbocycles. The molecule has 0 amide bonds. The molecule has 3 atom stereocenters. The van der Waals surface area contributed by atoms with Crippen molar-refractivity contribution in [3.63, 3.8) is 0 Å². The van der Waals surface area contributed by atoms with Gasteiger partial charge >= 0.3 is 0 Å². The summed E-state index contributed by atoms with van der Waals surface area (Å²) in [5, 5.41) is 0. The zero-order valence-corrected chi connectivity index (χ0v) is 15.0. The van der Waals surface area contributed by atoms with Gasteiger partial charge in [0.25, 0.3) is 0 Å². The Morgan fingerprint density at radius 3 is 2.57 bits per heavy atom. The molecule has 1 fully saturated rings. The molecule has 0 spiro atoms. The van der Waals surface area contributed by atoms with Crippen molar-refractivity contribution in [1.82, 2.24) is 9.80 Å². The van der Waals surface area contributed by atoms with Crippen molar-refractivity contribution >= 4 is 15.9 Å². The quantitative estimate of drug-likeness (QED) is 0.852. The molecule has 0 aromatic heterocycles. The van der Waals surface area contributed by atoms with E-state index >= 15 is 0 Å². The maximum Gasteiger partial charge on any atom is 0.0496 e. The number of benzene rings is 1. The van der Waals surface area contributed by atoms with Gasteiger partial charge in [-0.15, -0.1) is 0 Å². The van der Waals surface area contributed by atoms with E-state index in [1.807, 2.05) is 0 Å². The number of likely N-dealkylation sites (tertiary alicyclic amines) is 1. The van der Waals surface area contributed by atoms with Crippen LogP contribution in [0.25, 0.3) is 0 Å². The Hall–Kier alpha value is -0.420. The van der Waals surface area contributed by atoms with Crippen molar-refractivity contribution in [2.24, 2.45) is 11.7 Å². The molecule has 0 radical (unpaired) electrons. The van der Waals surface area contributed by atoms with Gasteiger partial charge in [-0.25, -0.2) is 0 Å². The minimum absolute atomic E-state index is 0.176. The van der Waals surface area contributed by atoms with Crippen LogP contribution in [0.5, 0.6) is 0 Å². The molecular formula is C17H28BrN3. The van der Waals surface area contributed by atoms with Crippen LogP contribution in [0, 0.1) is 5.92 Å². The lowest BCUT2D eigenvalue weighted by atomic mass is 9.95. The molecule has 1 aliphatic rings. The molecule has 1 saturated heterocycles. The third kappa shape index (κ3) is 4.52. The van der Waals surface area contributed by atoms with Gasteiger partial charge in [0.05, 0.1) is 0 Å². The third-order valence-corrected chi connectivity index (χ3v) is 5.13. The molecule has 1 heterocycles. The van der Waals surface area contributed by atoms with Gasteiger partial charge in [-0.3, -0.25) is 4.90 Å². The Morgan fingerprint density at radius 1 is 1.38 bits per heavy atom. The van der Waals surface area contributed by atoms with E-state index in [-0.39, 0.29) is 6.04 Å². The minimum atomic E-state index is 0.176. The van der Waals surface area contributed by atoms with Gasteiger partial charge in [0, 0.05) is 29.6 Å². The zero-order valence-electron chi connectivity index (χ0n) is 13.4. The summed E-state index contributed by atoms with van der Waals surface area (Å²) in [4.78, 5) is 4.88. The van der Waals surface area contributed by atoms with Gasteiger partial charge in [0.1, 0.15) is 0 Å². The van der Waals surface area contributed by atoms with Gasteiger partial charge in [0.15, 0.2) is 0 Å². The van der Waals surface area contributed by atoms with Crippen LogP contribution < -0.4 is 5.73 Å². The van der Waals surface area contributed by atoms with E-state index in [0.717, 1.165) is 23.4 Å². The number of hydrogen-bond donors (Lipinski definition) is 1. The summed E-state index contributed by atoms with van der Waals surface area (Å²) < 4.78 is 1.12. The largest absolute Gasteiger partial charge is 0.326 e. The van der Waals surface area contributed by atoms with Crippen LogP contribution in [0.3, 0.4) is 0 Å². The maximum atomic E-state index is 6.43. The first-order chi connectivity index (χ1) is 10.0. The fraction of sp³-hybridized carbons (Fsp3) is 0.647. The second-order valence-corrected chi connectivity index (χ2v) is 7.34. The predicted molar refractivity (Wildman–Crippen MR) is 93.4 cm³/mol. The summed E-state index contributed by atoms with van der Waals surface area (Å²) in [5.74, 6) is 0.766. The summed E-state index contributed by atoms with van der Waals surface area (Å²) in [5.41, 5.74) is 7.75. The number of halogens is 1. The molecular weight excluding hydrogens is 326 g/mol. The molecule has 1 aliphatic heterocycles. The third-order valence-electron chi connectivity index (χ3n) is 4.60. The van der Waals surface area contributed by atoms with Crippen molar-refractivity contribution < 1.29 is 0 Å². The highest BCUT2D eigenvalue weighted by atomic mass is 79.9. The number of likely N-dealkylation sites (N-methyl/N-ethyl adjacent to an activating group) is 1. The van der Waals surface area contributed by atoms with Crippen LogP contribution in [0.2, 0.25) is 0 Å².